The van der Waals surface area contributed by atoms with E-state index in [-0.39, 0.29) is 11.9 Å². The minimum Gasteiger partial charge on any atom is -0.378 e. The van der Waals surface area contributed by atoms with Crippen LogP contribution in [0.5, 0.6) is 0 Å². The van der Waals surface area contributed by atoms with Gasteiger partial charge in [0.2, 0.25) is 5.91 Å². The lowest BCUT2D eigenvalue weighted by molar-refractivity contribution is -0.120. The minimum absolute atomic E-state index is 0.0360. The van der Waals surface area contributed by atoms with E-state index in [2.05, 4.69) is 38.0 Å². The normalized spacial score (nSPS) is 20.4. The van der Waals surface area contributed by atoms with E-state index in [0.717, 1.165) is 13.2 Å². The topological polar surface area (TPSA) is 83.1 Å². The number of amides is 1. The second-order valence-corrected chi connectivity index (χ2v) is 4.91. The average Bonchev–Trinajstić information content (AvgIpc) is 2.86. The van der Waals surface area contributed by atoms with Crippen LogP contribution in [0.2, 0.25) is 0 Å². The Morgan fingerprint density at radius 1 is 1.68 bits per heavy atom. The molecule has 0 aliphatic carbocycles. The first kappa shape index (κ1) is 14.3. The molecule has 1 amide bonds. The van der Waals surface area contributed by atoms with Gasteiger partial charge in [0.1, 0.15) is 5.82 Å². The van der Waals surface area contributed by atoms with Crippen LogP contribution >= 0.6 is 12.6 Å². The number of hydrogen-bond acceptors (Lipinski definition) is 6. The van der Waals surface area contributed by atoms with E-state index >= 15 is 0 Å². The van der Waals surface area contributed by atoms with Gasteiger partial charge in [0, 0.05) is 13.0 Å². The Bertz CT molecular complexity index is 425. The second kappa shape index (κ2) is 6.88. The molecule has 0 saturated carbocycles. The van der Waals surface area contributed by atoms with Crippen LogP contribution in [0.15, 0.2) is 0 Å². The van der Waals surface area contributed by atoms with Crippen molar-refractivity contribution in [3.8, 4) is 0 Å². The van der Waals surface area contributed by atoms with Crippen molar-refractivity contribution < 1.29 is 9.53 Å². The van der Waals surface area contributed by atoms with Crippen molar-refractivity contribution in [3.63, 3.8) is 0 Å². The van der Waals surface area contributed by atoms with Gasteiger partial charge in [-0.05, 0) is 12.8 Å². The van der Waals surface area contributed by atoms with Crippen molar-refractivity contribution in [1.29, 1.82) is 0 Å². The van der Waals surface area contributed by atoms with Crippen molar-refractivity contribution in [3.05, 3.63) is 11.6 Å². The molecule has 0 bridgehead atoms. The first-order chi connectivity index (χ1) is 9.20. The minimum atomic E-state index is -0.0360. The maximum atomic E-state index is 11.3. The Kier molecular flexibility index (Phi) is 5.17. The zero-order valence-corrected chi connectivity index (χ0v) is 11.8. The van der Waals surface area contributed by atoms with Gasteiger partial charge < -0.3 is 10.1 Å². The first-order valence-electron chi connectivity index (χ1n) is 6.27. The van der Waals surface area contributed by atoms with E-state index in [4.69, 9.17) is 4.74 Å². The number of H-pyrrole nitrogens is 1. The summed E-state index contributed by atoms with van der Waals surface area (Å²) in [6.07, 6.45) is 0.406. The fraction of sp³-hybridized carbons (Fsp3) is 0.727. The Morgan fingerprint density at radius 3 is 3.26 bits per heavy atom. The molecule has 1 aliphatic heterocycles. The number of morpholine rings is 1. The molecule has 2 rings (SSSR count). The molecule has 2 heterocycles. The summed E-state index contributed by atoms with van der Waals surface area (Å²) in [7, 11) is 2.03. The molecule has 1 fully saturated rings. The quantitative estimate of drug-likeness (QED) is 0.650. The number of ether oxygens (including phenoxy) is 1. The predicted octanol–water partition coefficient (Wildman–Crippen LogP) is -0.256. The Hall–Kier alpha value is -1.12. The predicted molar refractivity (Wildman–Crippen MR) is 72.9 cm³/mol. The summed E-state index contributed by atoms with van der Waals surface area (Å²) in [5.41, 5.74) is 0. The fourth-order valence-electron chi connectivity index (χ4n) is 1.87. The molecule has 1 aliphatic rings. The second-order valence-electron chi connectivity index (χ2n) is 4.46. The number of aromatic amines is 1. The van der Waals surface area contributed by atoms with Gasteiger partial charge in [-0.25, -0.2) is 4.98 Å². The largest absolute Gasteiger partial charge is 0.378 e. The van der Waals surface area contributed by atoms with Gasteiger partial charge in [-0.3, -0.25) is 14.8 Å². The van der Waals surface area contributed by atoms with Gasteiger partial charge in [0.15, 0.2) is 5.82 Å². The van der Waals surface area contributed by atoms with Gasteiger partial charge >= 0.3 is 0 Å². The third kappa shape index (κ3) is 3.92. The van der Waals surface area contributed by atoms with Crippen LogP contribution in [0.1, 0.15) is 24.1 Å². The van der Waals surface area contributed by atoms with Crippen molar-refractivity contribution in [2.45, 2.75) is 19.0 Å². The number of thiol groups is 1. The van der Waals surface area contributed by atoms with Gasteiger partial charge in [-0.1, -0.05) is 0 Å². The van der Waals surface area contributed by atoms with E-state index in [1.54, 1.807) is 0 Å². The summed E-state index contributed by atoms with van der Waals surface area (Å²) < 4.78 is 5.43. The zero-order valence-electron chi connectivity index (χ0n) is 10.9. The summed E-state index contributed by atoms with van der Waals surface area (Å²) in [4.78, 5) is 17.9. The number of rotatable bonds is 5. The van der Waals surface area contributed by atoms with Crippen LogP contribution in [0.3, 0.4) is 0 Å². The molecule has 8 heteroatoms. The molecule has 1 atom stereocenters. The fourth-order valence-corrected chi connectivity index (χ4v) is 2.07. The lowest BCUT2D eigenvalue weighted by atomic mass is 10.2. The van der Waals surface area contributed by atoms with E-state index in [9.17, 15) is 4.79 Å². The molecule has 1 unspecified atom stereocenters. The Labute approximate surface area is 117 Å². The molecule has 2 N–H and O–H groups in total. The van der Waals surface area contributed by atoms with Crippen LogP contribution in [0.25, 0.3) is 0 Å². The SMILES string of the molecule is CN1CCOCC1c1n[nH]c(CNC(=O)CCS)n1. The van der Waals surface area contributed by atoms with E-state index < -0.39 is 0 Å². The molecule has 0 radical (unpaired) electrons. The van der Waals surface area contributed by atoms with Gasteiger partial charge in [0.25, 0.3) is 0 Å². The van der Waals surface area contributed by atoms with Crippen molar-refractivity contribution >= 4 is 18.5 Å². The highest BCUT2D eigenvalue weighted by molar-refractivity contribution is 7.80. The van der Waals surface area contributed by atoms with E-state index in [0.29, 0.717) is 37.0 Å². The first-order valence-corrected chi connectivity index (χ1v) is 6.90. The number of likely N-dealkylation sites (N-methyl/N-ethyl adjacent to an activating group) is 1. The molecular formula is C11H19N5O2S. The molecule has 7 nitrogen and oxygen atoms in total. The smallest absolute Gasteiger partial charge is 0.221 e. The summed E-state index contributed by atoms with van der Waals surface area (Å²) in [5, 5.41) is 9.79. The molecule has 106 valence electrons. The standard InChI is InChI=1S/C11H19N5O2S/c1-16-3-4-18-7-8(16)11-13-9(14-15-11)6-12-10(17)2-5-19/h8,19H,2-7H2,1H3,(H,12,17)(H,13,14,15). The number of carbonyl (C=O) groups excluding carboxylic acids is 1. The monoisotopic (exact) mass is 285 g/mol. The van der Waals surface area contributed by atoms with E-state index in [1.165, 1.54) is 0 Å². The number of nitrogens with zero attached hydrogens (tertiary/aromatic N) is 3. The number of hydrogen-bond donors (Lipinski definition) is 3. The molecular weight excluding hydrogens is 266 g/mol. The zero-order chi connectivity index (χ0) is 13.7. The van der Waals surface area contributed by atoms with Crippen LogP contribution in [-0.4, -0.2) is 58.5 Å². The highest BCUT2D eigenvalue weighted by atomic mass is 32.1. The van der Waals surface area contributed by atoms with Gasteiger partial charge in [-0.2, -0.15) is 17.7 Å². The van der Waals surface area contributed by atoms with Gasteiger partial charge in [0.05, 0.1) is 25.8 Å². The molecule has 19 heavy (non-hydrogen) atoms. The summed E-state index contributed by atoms with van der Waals surface area (Å²) in [6.45, 7) is 2.56. The molecule has 1 aromatic heterocycles. The Balaban J connectivity index is 1.89. The number of aromatic nitrogens is 3. The van der Waals surface area contributed by atoms with Crippen LogP contribution in [-0.2, 0) is 16.1 Å². The van der Waals surface area contributed by atoms with Gasteiger partial charge in [-0.15, -0.1) is 0 Å². The Morgan fingerprint density at radius 2 is 2.53 bits per heavy atom. The van der Waals surface area contributed by atoms with Crippen LogP contribution < -0.4 is 5.32 Å². The van der Waals surface area contributed by atoms with E-state index in [1.807, 2.05) is 7.05 Å². The highest BCUT2D eigenvalue weighted by Gasteiger charge is 2.24. The number of carbonyl (C=O) groups is 1. The molecule has 1 aromatic rings. The molecule has 1 saturated heterocycles. The van der Waals surface area contributed by atoms with Crippen LogP contribution in [0, 0.1) is 0 Å². The van der Waals surface area contributed by atoms with Crippen molar-refractivity contribution in [2.24, 2.45) is 0 Å². The highest BCUT2D eigenvalue weighted by Crippen LogP contribution is 2.18. The molecule has 0 spiro atoms. The summed E-state index contributed by atoms with van der Waals surface area (Å²) >= 11 is 4.01. The number of nitrogens with one attached hydrogen (secondary N) is 2. The molecule has 0 aromatic carbocycles. The summed E-state index contributed by atoms with van der Waals surface area (Å²) in [6, 6.07) is 0.0758. The van der Waals surface area contributed by atoms with Crippen molar-refractivity contribution in [2.75, 3.05) is 32.6 Å². The lowest BCUT2D eigenvalue weighted by Gasteiger charge is -2.30. The van der Waals surface area contributed by atoms with Crippen molar-refractivity contribution in [1.82, 2.24) is 25.4 Å². The maximum Gasteiger partial charge on any atom is 0.221 e. The summed E-state index contributed by atoms with van der Waals surface area (Å²) in [5.74, 6) is 1.87. The average molecular weight is 285 g/mol. The third-order valence-electron chi connectivity index (χ3n) is 3.04. The maximum absolute atomic E-state index is 11.3. The third-order valence-corrected chi connectivity index (χ3v) is 3.26. The lowest BCUT2D eigenvalue weighted by Crippen LogP contribution is -2.37. The van der Waals surface area contributed by atoms with Crippen LogP contribution in [0.4, 0.5) is 0 Å².